The van der Waals surface area contributed by atoms with Crippen LogP contribution in [0.2, 0.25) is 0 Å². The lowest BCUT2D eigenvalue weighted by Gasteiger charge is -2.09. The van der Waals surface area contributed by atoms with Crippen LogP contribution in [0.1, 0.15) is 43.5 Å². The van der Waals surface area contributed by atoms with Gasteiger partial charge >= 0.3 is 5.69 Å². The first kappa shape index (κ1) is 20.3. The summed E-state index contributed by atoms with van der Waals surface area (Å²) in [5, 5.41) is 24.1. The van der Waals surface area contributed by atoms with Crippen molar-refractivity contribution in [3.63, 3.8) is 0 Å². The van der Waals surface area contributed by atoms with E-state index in [1.807, 2.05) is 53.4 Å². The first-order valence-corrected chi connectivity index (χ1v) is 10.9. The Labute approximate surface area is 184 Å². The summed E-state index contributed by atoms with van der Waals surface area (Å²) in [4.78, 5) is 17.7. The van der Waals surface area contributed by atoms with Crippen LogP contribution in [0.15, 0.2) is 53.6 Å². The summed E-state index contributed by atoms with van der Waals surface area (Å²) in [6.45, 7) is 2.59. The van der Waals surface area contributed by atoms with Gasteiger partial charge in [0, 0.05) is 29.2 Å². The smallest absolute Gasteiger partial charge is 0.329 e. The molecule has 0 spiro atoms. The Morgan fingerprint density at radius 3 is 2.66 bits per heavy atom. The topological polar surface area (TPSA) is 115 Å². The van der Waals surface area contributed by atoms with Crippen LogP contribution < -0.4 is 5.69 Å². The second kappa shape index (κ2) is 8.51. The molecule has 1 aromatic carbocycles. The minimum absolute atomic E-state index is 0.0656. The number of hydrogen-bond acceptors (Lipinski definition) is 6. The van der Waals surface area contributed by atoms with Crippen LogP contribution in [0.25, 0.3) is 22.6 Å². The van der Waals surface area contributed by atoms with Crippen molar-refractivity contribution in [2.24, 2.45) is 0 Å². The zero-order valence-corrected chi connectivity index (χ0v) is 17.8. The zero-order chi connectivity index (χ0) is 22.1. The molecule has 1 fully saturated rings. The Bertz CT molecular complexity index is 1260. The van der Waals surface area contributed by atoms with Gasteiger partial charge in [-0.25, -0.2) is 4.79 Å². The predicted octanol–water partition coefficient (Wildman–Crippen LogP) is 2.59. The van der Waals surface area contributed by atoms with Crippen LogP contribution >= 0.6 is 0 Å². The number of tetrazole rings is 1. The van der Waals surface area contributed by atoms with Crippen molar-refractivity contribution in [3.05, 3.63) is 70.5 Å². The number of hydrogen-bond donors (Lipinski definition) is 2. The number of aliphatic hydroxyl groups excluding tert-OH is 1. The number of aromatic nitrogens is 7. The fourth-order valence-corrected chi connectivity index (χ4v) is 4.02. The van der Waals surface area contributed by atoms with E-state index in [9.17, 15) is 9.90 Å². The van der Waals surface area contributed by atoms with Crippen LogP contribution in [-0.4, -0.2) is 46.0 Å². The highest BCUT2D eigenvalue weighted by Crippen LogP contribution is 2.34. The second-order valence-corrected chi connectivity index (χ2v) is 8.20. The second-order valence-electron chi connectivity index (χ2n) is 8.20. The molecule has 0 saturated heterocycles. The number of aryl methyl sites for hydroxylation is 1. The summed E-state index contributed by atoms with van der Waals surface area (Å²) in [5.41, 5.74) is 4.44. The van der Waals surface area contributed by atoms with Gasteiger partial charge in [-0.15, -0.1) is 10.2 Å². The third-order valence-electron chi connectivity index (χ3n) is 5.91. The number of nitrogens with zero attached hydrogens (tertiary/aromatic N) is 6. The molecule has 3 heterocycles. The monoisotopic (exact) mass is 431 g/mol. The Morgan fingerprint density at radius 1 is 1.19 bits per heavy atom. The fourth-order valence-electron chi connectivity index (χ4n) is 4.02. The number of H-pyrrole nitrogens is 1. The van der Waals surface area contributed by atoms with Crippen molar-refractivity contribution in [2.45, 2.75) is 51.3 Å². The van der Waals surface area contributed by atoms with E-state index >= 15 is 0 Å². The number of pyridine rings is 1. The van der Waals surface area contributed by atoms with Gasteiger partial charge in [0.15, 0.2) is 0 Å². The van der Waals surface area contributed by atoms with Gasteiger partial charge in [0.05, 0.1) is 24.4 Å². The lowest BCUT2D eigenvalue weighted by Crippen LogP contribution is -2.25. The van der Waals surface area contributed by atoms with E-state index in [1.54, 1.807) is 4.57 Å². The average molecular weight is 432 g/mol. The van der Waals surface area contributed by atoms with Crippen LogP contribution in [0.4, 0.5) is 0 Å². The van der Waals surface area contributed by atoms with Gasteiger partial charge in [-0.3, -0.25) is 14.1 Å². The number of rotatable bonds is 8. The molecule has 9 heteroatoms. The maximum Gasteiger partial charge on any atom is 0.329 e. The maximum atomic E-state index is 13.0. The minimum Gasteiger partial charge on any atom is -0.391 e. The van der Waals surface area contributed by atoms with Gasteiger partial charge in [-0.2, -0.15) is 5.21 Å². The van der Waals surface area contributed by atoms with E-state index in [-0.39, 0.29) is 11.7 Å². The predicted molar refractivity (Wildman–Crippen MR) is 119 cm³/mol. The summed E-state index contributed by atoms with van der Waals surface area (Å²) in [6, 6.07) is 11.6. The third-order valence-corrected chi connectivity index (χ3v) is 5.91. The highest BCUT2D eigenvalue weighted by Gasteiger charge is 2.38. The number of nitrogens with one attached hydrogen (secondary N) is 1. The number of unbranched alkanes of at least 4 members (excludes halogenated alkanes) is 1. The Hall–Kier alpha value is -3.59. The summed E-state index contributed by atoms with van der Waals surface area (Å²) in [7, 11) is 0. The SMILES string of the molecule is CCCCc1cn(C2CC2O)c(=O)n1Cc1ccc(-c2ccccc2-c2nn[nH]n2)nc1. The van der Waals surface area contributed by atoms with Crippen molar-refractivity contribution in [1.82, 2.24) is 34.7 Å². The first-order valence-electron chi connectivity index (χ1n) is 10.9. The molecule has 2 unspecified atom stereocenters. The molecule has 5 rings (SSSR count). The van der Waals surface area contributed by atoms with Gasteiger partial charge in [0.25, 0.3) is 0 Å². The number of imidazole rings is 1. The van der Waals surface area contributed by atoms with E-state index in [2.05, 4.69) is 32.5 Å². The summed E-state index contributed by atoms with van der Waals surface area (Å²) in [6.07, 6.45) is 6.87. The molecule has 32 heavy (non-hydrogen) atoms. The normalized spacial score (nSPS) is 17.6. The van der Waals surface area contributed by atoms with Gasteiger partial charge in [-0.1, -0.05) is 43.7 Å². The van der Waals surface area contributed by atoms with Crippen molar-refractivity contribution in [2.75, 3.05) is 0 Å². The standard InChI is InChI=1S/C23H25N7O2/c1-2-3-6-16-14-30(20-11-21(20)31)23(32)29(16)13-15-9-10-19(24-12-15)17-7-4-5-8-18(17)22-25-27-28-26-22/h4-5,7-10,12,14,20-21,31H,2-3,6,11,13H2,1H3,(H,25,26,27,28). The van der Waals surface area contributed by atoms with E-state index in [4.69, 9.17) is 0 Å². The Balaban J connectivity index is 1.43. The molecule has 2 N–H and O–H groups in total. The Morgan fingerprint density at radius 2 is 2.00 bits per heavy atom. The fraction of sp³-hybridized carbons (Fsp3) is 0.348. The molecular formula is C23H25N7O2. The summed E-state index contributed by atoms with van der Waals surface area (Å²) >= 11 is 0. The Kier molecular flexibility index (Phi) is 5.40. The molecule has 1 aliphatic rings. The molecule has 2 atom stereocenters. The van der Waals surface area contributed by atoms with Crippen molar-refractivity contribution < 1.29 is 5.11 Å². The molecule has 1 aliphatic carbocycles. The molecule has 1 saturated carbocycles. The molecule has 9 nitrogen and oxygen atoms in total. The lowest BCUT2D eigenvalue weighted by atomic mass is 10.0. The third kappa shape index (κ3) is 3.87. The summed E-state index contributed by atoms with van der Waals surface area (Å²) in [5.74, 6) is 0.516. The average Bonchev–Trinajstić information content (AvgIpc) is 3.20. The molecule has 164 valence electrons. The quantitative estimate of drug-likeness (QED) is 0.443. The highest BCUT2D eigenvalue weighted by molar-refractivity contribution is 5.78. The molecule has 0 radical (unpaired) electrons. The maximum absolute atomic E-state index is 13.0. The zero-order valence-electron chi connectivity index (χ0n) is 17.8. The van der Waals surface area contributed by atoms with Gasteiger partial charge < -0.3 is 5.11 Å². The van der Waals surface area contributed by atoms with Crippen molar-refractivity contribution in [1.29, 1.82) is 0 Å². The molecule has 3 aromatic heterocycles. The molecule has 0 amide bonds. The van der Waals surface area contributed by atoms with Crippen molar-refractivity contribution >= 4 is 0 Å². The van der Waals surface area contributed by atoms with E-state index in [0.29, 0.717) is 18.8 Å². The molecule has 4 aromatic rings. The molecular weight excluding hydrogens is 406 g/mol. The van der Waals surface area contributed by atoms with E-state index in [1.165, 1.54) is 0 Å². The van der Waals surface area contributed by atoms with E-state index < -0.39 is 6.10 Å². The minimum atomic E-state index is -0.414. The van der Waals surface area contributed by atoms with Crippen LogP contribution in [-0.2, 0) is 13.0 Å². The molecule has 0 aliphatic heterocycles. The molecule has 0 bridgehead atoms. The van der Waals surface area contributed by atoms with E-state index in [0.717, 1.165) is 47.3 Å². The summed E-state index contributed by atoms with van der Waals surface area (Å²) < 4.78 is 3.50. The van der Waals surface area contributed by atoms with Crippen LogP contribution in [0.3, 0.4) is 0 Å². The number of aliphatic hydroxyl groups is 1. The largest absolute Gasteiger partial charge is 0.391 e. The first-order chi connectivity index (χ1) is 15.7. The number of benzene rings is 1. The lowest BCUT2D eigenvalue weighted by molar-refractivity contribution is 0.258. The van der Waals surface area contributed by atoms with Crippen LogP contribution in [0.5, 0.6) is 0 Å². The highest BCUT2D eigenvalue weighted by atomic mass is 16.3. The van der Waals surface area contributed by atoms with Gasteiger partial charge in [-0.05, 0) is 36.1 Å². The van der Waals surface area contributed by atoms with Gasteiger partial charge in [0.1, 0.15) is 0 Å². The number of aromatic amines is 1. The van der Waals surface area contributed by atoms with Crippen LogP contribution in [0, 0.1) is 0 Å². The van der Waals surface area contributed by atoms with Gasteiger partial charge in [0.2, 0.25) is 5.82 Å². The van der Waals surface area contributed by atoms with Crippen molar-refractivity contribution in [3.8, 4) is 22.6 Å².